The van der Waals surface area contributed by atoms with Crippen molar-refractivity contribution in [3.8, 4) is 0 Å². The van der Waals surface area contributed by atoms with Crippen LogP contribution in [0.3, 0.4) is 0 Å². The molecule has 0 bridgehead atoms. The van der Waals surface area contributed by atoms with Gasteiger partial charge in [0.05, 0.1) is 6.54 Å². The van der Waals surface area contributed by atoms with Gasteiger partial charge in [0.25, 0.3) is 5.91 Å². The van der Waals surface area contributed by atoms with Crippen LogP contribution < -0.4 is 5.32 Å². The van der Waals surface area contributed by atoms with Crippen molar-refractivity contribution in [1.29, 1.82) is 0 Å². The van der Waals surface area contributed by atoms with Crippen LogP contribution in [0.2, 0.25) is 0 Å². The van der Waals surface area contributed by atoms with Crippen molar-refractivity contribution < 1.29 is 9.59 Å². The Balaban J connectivity index is 1.37. The average molecular weight is 378 g/mol. The van der Waals surface area contributed by atoms with Crippen molar-refractivity contribution >= 4 is 33.9 Å². The Labute approximate surface area is 162 Å². The second kappa shape index (κ2) is 7.92. The summed E-state index contributed by atoms with van der Waals surface area (Å²) in [4.78, 5) is 28.4. The molecule has 0 radical (unpaired) electrons. The highest BCUT2D eigenvalue weighted by Gasteiger charge is 2.28. The molecule has 27 heavy (non-hydrogen) atoms. The van der Waals surface area contributed by atoms with E-state index in [1.807, 2.05) is 64.9 Å². The molecule has 0 spiro atoms. The first kappa shape index (κ1) is 17.7. The maximum Gasteiger partial charge on any atom is 0.254 e. The van der Waals surface area contributed by atoms with Gasteiger partial charge < -0.3 is 10.2 Å². The van der Waals surface area contributed by atoms with E-state index in [-0.39, 0.29) is 17.7 Å². The summed E-state index contributed by atoms with van der Waals surface area (Å²) in [6, 6.07) is 17.8. The Morgan fingerprint density at radius 2 is 1.78 bits per heavy atom. The van der Waals surface area contributed by atoms with Crippen LogP contribution in [-0.2, 0) is 11.3 Å². The largest absolute Gasteiger partial charge is 0.351 e. The second-order valence-electron chi connectivity index (χ2n) is 6.89. The highest BCUT2D eigenvalue weighted by molar-refractivity contribution is 7.09. The zero-order chi connectivity index (χ0) is 18.6. The molecule has 2 aromatic carbocycles. The molecule has 3 aromatic rings. The molecule has 4 nitrogen and oxygen atoms in total. The maximum absolute atomic E-state index is 13.0. The molecule has 0 aliphatic carbocycles. The molecule has 1 N–H and O–H groups in total. The molecule has 4 rings (SSSR count). The fourth-order valence-electron chi connectivity index (χ4n) is 3.66. The standard InChI is InChI=1S/C22H22N2O2S/c25-21(23-15-18-7-4-14-27-18)17-10-12-24(13-11-17)22(26)20-9-3-6-16-5-1-2-8-19(16)20/h1-9,14,17H,10-13,15H2,(H,23,25). The number of fused-ring (bicyclic) bond motifs is 1. The van der Waals surface area contributed by atoms with Gasteiger partial charge in [-0.15, -0.1) is 11.3 Å². The normalized spacial score (nSPS) is 15.0. The molecule has 0 unspecified atom stereocenters. The van der Waals surface area contributed by atoms with E-state index in [0.29, 0.717) is 32.5 Å². The number of carbonyl (C=O) groups is 2. The summed E-state index contributed by atoms with van der Waals surface area (Å²) in [6.45, 7) is 1.84. The lowest BCUT2D eigenvalue weighted by Gasteiger charge is -2.31. The number of carbonyl (C=O) groups excluding carboxylic acids is 2. The molecule has 1 aliphatic rings. The van der Waals surface area contributed by atoms with Gasteiger partial charge in [-0.25, -0.2) is 0 Å². The van der Waals surface area contributed by atoms with E-state index in [0.717, 1.165) is 21.2 Å². The third-order valence-electron chi connectivity index (χ3n) is 5.19. The fourth-order valence-corrected chi connectivity index (χ4v) is 4.30. The summed E-state index contributed by atoms with van der Waals surface area (Å²) in [7, 11) is 0. The minimum Gasteiger partial charge on any atom is -0.351 e. The topological polar surface area (TPSA) is 49.4 Å². The van der Waals surface area contributed by atoms with E-state index in [9.17, 15) is 9.59 Å². The fraction of sp³-hybridized carbons (Fsp3) is 0.273. The number of hydrogen-bond donors (Lipinski definition) is 1. The van der Waals surface area contributed by atoms with E-state index in [1.165, 1.54) is 0 Å². The van der Waals surface area contributed by atoms with E-state index in [1.54, 1.807) is 11.3 Å². The lowest BCUT2D eigenvalue weighted by atomic mass is 9.95. The van der Waals surface area contributed by atoms with Crippen LogP contribution >= 0.6 is 11.3 Å². The molecular formula is C22H22N2O2S. The summed E-state index contributed by atoms with van der Waals surface area (Å²) < 4.78 is 0. The molecule has 2 amide bonds. The first-order valence-corrected chi connectivity index (χ1v) is 10.2. The molecule has 1 fully saturated rings. The number of amides is 2. The summed E-state index contributed by atoms with van der Waals surface area (Å²) in [5.41, 5.74) is 0.744. The molecule has 1 aliphatic heterocycles. The van der Waals surface area contributed by atoms with Crippen LogP contribution in [0.15, 0.2) is 60.0 Å². The minimum atomic E-state index is -0.0125. The van der Waals surface area contributed by atoms with Crippen molar-refractivity contribution in [2.75, 3.05) is 13.1 Å². The Hall–Kier alpha value is -2.66. The Morgan fingerprint density at radius 1 is 1.00 bits per heavy atom. The van der Waals surface area contributed by atoms with Crippen LogP contribution in [0.4, 0.5) is 0 Å². The highest BCUT2D eigenvalue weighted by atomic mass is 32.1. The van der Waals surface area contributed by atoms with Crippen LogP contribution in [0.25, 0.3) is 10.8 Å². The zero-order valence-electron chi connectivity index (χ0n) is 15.1. The summed E-state index contributed by atoms with van der Waals surface area (Å²) in [5.74, 6) is 0.145. The number of benzene rings is 2. The molecule has 1 saturated heterocycles. The number of hydrogen-bond acceptors (Lipinski definition) is 3. The second-order valence-corrected chi connectivity index (χ2v) is 7.92. The molecule has 138 valence electrons. The zero-order valence-corrected chi connectivity index (χ0v) is 15.9. The van der Waals surface area contributed by atoms with Gasteiger partial charge in [0.15, 0.2) is 0 Å². The number of nitrogens with zero attached hydrogens (tertiary/aromatic N) is 1. The monoisotopic (exact) mass is 378 g/mol. The number of likely N-dealkylation sites (tertiary alicyclic amines) is 1. The highest BCUT2D eigenvalue weighted by Crippen LogP contribution is 2.24. The maximum atomic E-state index is 13.0. The van der Waals surface area contributed by atoms with Crippen molar-refractivity contribution in [3.05, 3.63) is 70.4 Å². The van der Waals surface area contributed by atoms with Gasteiger partial charge in [0, 0.05) is 29.4 Å². The van der Waals surface area contributed by atoms with Gasteiger partial charge in [-0.1, -0.05) is 42.5 Å². The van der Waals surface area contributed by atoms with Gasteiger partial charge in [-0.3, -0.25) is 9.59 Å². The number of nitrogens with one attached hydrogen (secondary N) is 1. The summed E-state index contributed by atoms with van der Waals surface area (Å²) >= 11 is 1.65. The van der Waals surface area contributed by atoms with Gasteiger partial charge in [-0.05, 0) is 41.1 Å². The van der Waals surface area contributed by atoms with Crippen molar-refractivity contribution in [3.63, 3.8) is 0 Å². The van der Waals surface area contributed by atoms with Gasteiger partial charge >= 0.3 is 0 Å². The minimum absolute atomic E-state index is 0.0125. The quantitative estimate of drug-likeness (QED) is 0.744. The number of rotatable bonds is 4. The van der Waals surface area contributed by atoms with Crippen LogP contribution in [0.5, 0.6) is 0 Å². The predicted octanol–water partition coefficient (Wildman–Crippen LogP) is 4.07. The Morgan fingerprint density at radius 3 is 2.56 bits per heavy atom. The van der Waals surface area contributed by atoms with Crippen molar-refractivity contribution in [2.24, 2.45) is 5.92 Å². The van der Waals surface area contributed by atoms with Crippen LogP contribution in [-0.4, -0.2) is 29.8 Å². The van der Waals surface area contributed by atoms with Gasteiger partial charge in [0.1, 0.15) is 0 Å². The summed E-state index contributed by atoms with van der Waals surface area (Å²) in [6.07, 6.45) is 1.43. The molecular weight excluding hydrogens is 356 g/mol. The lowest BCUT2D eigenvalue weighted by Crippen LogP contribution is -2.42. The van der Waals surface area contributed by atoms with Gasteiger partial charge in [0.2, 0.25) is 5.91 Å². The van der Waals surface area contributed by atoms with Crippen LogP contribution in [0, 0.1) is 5.92 Å². The number of piperidine rings is 1. The molecule has 0 atom stereocenters. The summed E-state index contributed by atoms with van der Waals surface area (Å²) in [5, 5.41) is 7.10. The smallest absolute Gasteiger partial charge is 0.254 e. The first-order chi connectivity index (χ1) is 13.2. The third kappa shape index (κ3) is 3.88. The van der Waals surface area contributed by atoms with E-state index >= 15 is 0 Å². The molecule has 2 heterocycles. The molecule has 5 heteroatoms. The number of thiophene rings is 1. The third-order valence-corrected chi connectivity index (χ3v) is 6.07. The Bertz CT molecular complexity index is 939. The van der Waals surface area contributed by atoms with Crippen molar-refractivity contribution in [1.82, 2.24) is 10.2 Å². The van der Waals surface area contributed by atoms with Gasteiger partial charge in [-0.2, -0.15) is 0 Å². The Kier molecular flexibility index (Phi) is 5.21. The van der Waals surface area contributed by atoms with Crippen LogP contribution in [0.1, 0.15) is 28.1 Å². The van der Waals surface area contributed by atoms with E-state index in [2.05, 4.69) is 5.32 Å². The molecule has 1 aromatic heterocycles. The van der Waals surface area contributed by atoms with E-state index in [4.69, 9.17) is 0 Å². The predicted molar refractivity (Wildman–Crippen MR) is 109 cm³/mol. The average Bonchev–Trinajstić information content (AvgIpc) is 3.25. The molecule has 0 saturated carbocycles. The SMILES string of the molecule is O=C(NCc1cccs1)C1CCN(C(=O)c2cccc3ccccc23)CC1. The van der Waals surface area contributed by atoms with Crippen molar-refractivity contribution in [2.45, 2.75) is 19.4 Å². The lowest BCUT2D eigenvalue weighted by molar-refractivity contribution is -0.126. The van der Waals surface area contributed by atoms with E-state index < -0.39 is 0 Å². The first-order valence-electron chi connectivity index (χ1n) is 9.29.